The van der Waals surface area contributed by atoms with Gasteiger partial charge < -0.3 is 49.3 Å². The van der Waals surface area contributed by atoms with E-state index in [4.69, 9.17) is 45.8 Å². The van der Waals surface area contributed by atoms with Crippen LogP contribution in [0.1, 0.15) is 112 Å². The number of unbranched alkanes of at least 4 members (excludes halogenated alkanes) is 2. The summed E-state index contributed by atoms with van der Waals surface area (Å²) in [5.74, 6) is -2.74. The summed E-state index contributed by atoms with van der Waals surface area (Å²) in [6.07, 6.45) is 5.10. The molecule has 2 aromatic rings. The summed E-state index contributed by atoms with van der Waals surface area (Å²) in [6, 6.07) is 6.30. The van der Waals surface area contributed by atoms with Crippen LogP contribution in [0, 0.1) is 0 Å². The van der Waals surface area contributed by atoms with Crippen molar-refractivity contribution in [2.24, 2.45) is 5.73 Å². The molecule has 2 aliphatic carbocycles. The number of alkyl halides is 4. The van der Waals surface area contributed by atoms with Gasteiger partial charge >= 0.3 is 0 Å². The summed E-state index contributed by atoms with van der Waals surface area (Å²) in [5.41, 5.74) is 5.63. The van der Waals surface area contributed by atoms with E-state index >= 15 is 0 Å². The highest BCUT2D eigenvalue weighted by Gasteiger charge is 2.45. The van der Waals surface area contributed by atoms with Gasteiger partial charge in [0.2, 0.25) is 23.3 Å². The topological polar surface area (TPSA) is 134 Å². The van der Waals surface area contributed by atoms with E-state index in [0.717, 1.165) is 25.7 Å². The van der Waals surface area contributed by atoms with Gasteiger partial charge in [-0.15, -0.1) is 12.4 Å². The van der Waals surface area contributed by atoms with E-state index in [1.807, 2.05) is 38.0 Å². The summed E-state index contributed by atoms with van der Waals surface area (Å²) < 4.78 is 85.7. The predicted molar refractivity (Wildman–Crippen MR) is 238 cm³/mol. The second-order valence-corrected chi connectivity index (χ2v) is 16.3. The molecule has 0 atom stereocenters. The molecule has 2 aromatic carbocycles. The molecular formula is C44H70Cl2F4N4O8. The van der Waals surface area contributed by atoms with Gasteiger partial charge in [-0.3, -0.25) is 9.59 Å². The molecule has 12 nitrogen and oxygen atoms in total. The van der Waals surface area contributed by atoms with Crippen molar-refractivity contribution >= 4 is 35.2 Å². The van der Waals surface area contributed by atoms with E-state index in [-0.39, 0.29) is 56.1 Å². The minimum Gasteiger partial charge on any atom is -0.493 e. The molecule has 0 spiro atoms. The number of carbonyl (C=O) groups excluding carboxylic acids is 2. The maximum atomic E-state index is 13.6. The maximum Gasteiger partial charge on any atom is 0.252 e. The van der Waals surface area contributed by atoms with Crippen molar-refractivity contribution in [1.29, 1.82) is 0 Å². The first-order chi connectivity index (χ1) is 28.7. The quantitative estimate of drug-likeness (QED) is 0.0794. The Morgan fingerprint density at radius 3 is 1.27 bits per heavy atom. The Balaban J connectivity index is 0.000000509. The fraction of sp³-hybridized carbons (Fsp3) is 0.682. The van der Waals surface area contributed by atoms with Crippen LogP contribution in [0.5, 0.6) is 34.5 Å². The lowest BCUT2D eigenvalue weighted by Gasteiger charge is -2.45. The van der Waals surface area contributed by atoms with Gasteiger partial charge in [0.25, 0.3) is 11.1 Å². The predicted octanol–water partition coefficient (Wildman–Crippen LogP) is 9.26. The van der Waals surface area contributed by atoms with Crippen molar-refractivity contribution in [3.63, 3.8) is 0 Å². The largest absolute Gasteiger partial charge is 0.493 e. The first kappa shape index (κ1) is 56.6. The average Bonchev–Trinajstić information content (AvgIpc) is 3.23. The highest BCUT2D eigenvalue weighted by atomic mass is 35.5. The lowest BCUT2D eigenvalue weighted by atomic mass is 9.78. The number of nitrogens with two attached hydrogens (primary N) is 1. The molecule has 3 N–H and O–H groups in total. The molecule has 0 radical (unpaired) electrons. The van der Waals surface area contributed by atoms with Gasteiger partial charge in [-0.2, -0.15) is 0 Å². The van der Waals surface area contributed by atoms with Gasteiger partial charge in [0, 0.05) is 61.0 Å². The molecular weight excluding hydrogens is 859 g/mol. The number of hydrogen-bond acceptors (Lipinski definition) is 11. The van der Waals surface area contributed by atoms with Crippen LogP contribution in [-0.4, -0.2) is 127 Å². The van der Waals surface area contributed by atoms with Crippen LogP contribution in [0.2, 0.25) is 0 Å². The number of likely N-dealkylation sites (N-methyl/N-ethyl adjacent to an activating group) is 2. The first-order valence-corrected chi connectivity index (χ1v) is 21.2. The van der Waals surface area contributed by atoms with Crippen molar-refractivity contribution in [2.75, 3.05) is 82.9 Å². The lowest BCUT2D eigenvalue weighted by molar-refractivity contribution is -0.0728. The second kappa shape index (κ2) is 26.4. The number of nitrogens with zero attached hydrogens (tertiary/aromatic N) is 2. The molecule has 0 aliphatic heterocycles. The van der Waals surface area contributed by atoms with Gasteiger partial charge in [-0.25, -0.2) is 17.6 Å². The van der Waals surface area contributed by atoms with Crippen LogP contribution < -0.4 is 39.5 Å². The van der Waals surface area contributed by atoms with E-state index in [9.17, 15) is 27.2 Å². The van der Waals surface area contributed by atoms with Crippen LogP contribution in [0.25, 0.3) is 0 Å². The molecule has 2 aliphatic rings. The zero-order valence-electron chi connectivity index (χ0n) is 38.2. The zero-order chi connectivity index (χ0) is 46.0. The number of halogens is 6. The fourth-order valence-electron chi connectivity index (χ4n) is 7.05. The molecule has 62 heavy (non-hydrogen) atoms. The van der Waals surface area contributed by atoms with Crippen molar-refractivity contribution in [1.82, 2.24) is 15.1 Å². The summed E-state index contributed by atoms with van der Waals surface area (Å²) >= 11 is 5.45. The molecule has 0 aromatic heterocycles. The first-order valence-electron chi connectivity index (χ1n) is 20.8. The van der Waals surface area contributed by atoms with Crippen LogP contribution in [0.3, 0.4) is 0 Å². The van der Waals surface area contributed by atoms with Gasteiger partial charge in [0.05, 0.1) is 41.7 Å². The third-order valence-electron chi connectivity index (χ3n) is 11.6. The molecule has 2 saturated carbocycles. The SMILES string of the molecule is CCCCOc1c(OC)cc(C(=O)Cl)cc1OC.CCCCOc1c(OC)cc(C(=O)NCC2(N(C)C)CCC(F)(F)CC2)cc1OC.CN(C)C1(CN)CCC(F)(F)CC1.Cl. The molecule has 2 fully saturated rings. The third kappa shape index (κ3) is 16.3. The minimum atomic E-state index is -2.63. The van der Waals surface area contributed by atoms with Gasteiger partial charge in [-0.05, 0) is 103 Å². The highest BCUT2D eigenvalue weighted by Crippen LogP contribution is 2.43. The van der Waals surface area contributed by atoms with Gasteiger partial charge in [-0.1, -0.05) is 26.7 Å². The Morgan fingerprint density at radius 1 is 0.645 bits per heavy atom. The second-order valence-electron chi connectivity index (χ2n) is 15.9. The van der Waals surface area contributed by atoms with E-state index in [0.29, 0.717) is 91.1 Å². The molecule has 18 heteroatoms. The van der Waals surface area contributed by atoms with E-state index < -0.39 is 22.6 Å². The Bertz CT molecular complexity index is 1620. The standard InChI is InChI=1S/C22H34F2N2O4.C13H17ClO4.C9H18F2N2.ClH/c1-6-7-12-30-19-17(28-4)13-16(14-18(19)29-5)20(27)25-15-21(26(2)3)8-10-22(23,24)11-9-21;1-4-5-6-18-12-10(16-2)7-9(13(14)15)8-11(12)17-3;1-13(2)8(7-12)3-5-9(10,11)6-4-8;/h13-14H,6-12,15H2,1-5H3,(H,25,27);7-8H,4-6H2,1-3H3;3-7,12H2,1-2H3;1H. The van der Waals surface area contributed by atoms with Crippen LogP contribution in [-0.2, 0) is 0 Å². The normalized spacial score (nSPS) is 16.9. The number of rotatable bonds is 19. The number of hydrogen-bond donors (Lipinski definition) is 2. The summed E-state index contributed by atoms with van der Waals surface area (Å²) in [7, 11) is 13.6. The number of nitrogens with one attached hydrogen (secondary N) is 1. The number of methoxy groups -OCH3 is 4. The van der Waals surface area contributed by atoms with Crippen molar-refractivity contribution in [2.45, 2.75) is 114 Å². The monoisotopic (exact) mass is 928 g/mol. The molecule has 0 unspecified atom stereocenters. The molecule has 0 saturated heterocycles. The highest BCUT2D eigenvalue weighted by molar-refractivity contribution is 6.67. The van der Waals surface area contributed by atoms with Gasteiger partial charge in [0.1, 0.15) is 0 Å². The minimum absolute atomic E-state index is 0. The fourth-order valence-corrected chi connectivity index (χ4v) is 7.16. The number of ether oxygens (including phenoxy) is 6. The Kier molecular flexibility index (Phi) is 24.1. The van der Waals surface area contributed by atoms with Crippen molar-refractivity contribution in [3.05, 3.63) is 35.4 Å². The van der Waals surface area contributed by atoms with E-state index in [1.165, 1.54) is 28.4 Å². The maximum absolute atomic E-state index is 13.6. The Hall–Kier alpha value is -3.44. The number of carbonyl (C=O) groups is 2. The summed E-state index contributed by atoms with van der Waals surface area (Å²) in [6.45, 7) is 5.98. The lowest BCUT2D eigenvalue weighted by Crippen LogP contribution is -2.56. The van der Waals surface area contributed by atoms with Crippen molar-refractivity contribution < 1.29 is 55.6 Å². The molecule has 0 heterocycles. The summed E-state index contributed by atoms with van der Waals surface area (Å²) in [4.78, 5) is 28.0. The van der Waals surface area contributed by atoms with Crippen LogP contribution >= 0.6 is 24.0 Å². The third-order valence-corrected chi connectivity index (χ3v) is 11.8. The van der Waals surface area contributed by atoms with Crippen molar-refractivity contribution in [3.8, 4) is 34.5 Å². The molecule has 4 rings (SSSR count). The summed E-state index contributed by atoms with van der Waals surface area (Å²) in [5, 5.41) is 2.35. The van der Waals surface area contributed by atoms with E-state index in [2.05, 4.69) is 19.2 Å². The number of amides is 1. The smallest absolute Gasteiger partial charge is 0.252 e. The molecule has 1 amide bonds. The van der Waals surface area contributed by atoms with Crippen LogP contribution in [0.4, 0.5) is 17.6 Å². The molecule has 356 valence electrons. The van der Waals surface area contributed by atoms with Gasteiger partial charge in [0.15, 0.2) is 23.0 Å². The Labute approximate surface area is 377 Å². The Morgan fingerprint density at radius 2 is 0.984 bits per heavy atom. The molecule has 0 bridgehead atoms. The number of benzene rings is 2. The zero-order valence-corrected chi connectivity index (χ0v) is 39.7. The average molecular weight is 930 g/mol. The van der Waals surface area contributed by atoms with Crippen LogP contribution in [0.15, 0.2) is 24.3 Å². The van der Waals surface area contributed by atoms with E-state index in [1.54, 1.807) is 24.3 Å².